The lowest BCUT2D eigenvalue weighted by molar-refractivity contribution is 0.0999. The lowest BCUT2D eigenvalue weighted by atomic mass is 10.1. The fourth-order valence-corrected chi connectivity index (χ4v) is 2.43. The monoisotopic (exact) mass is 286 g/mol. The van der Waals surface area contributed by atoms with Crippen LogP contribution in [0, 0.1) is 6.92 Å². The van der Waals surface area contributed by atoms with Gasteiger partial charge in [-0.25, -0.2) is 9.67 Å². The molecule has 0 saturated heterocycles. The number of pyridine rings is 1. The van der Waals surface area contributed by atoms with E-state index in [2.05, 4.69) is 10.1 Å². The number of carbonyl (C=O) groups excluding carboxylic acids is 1. The molecule has 0 bridgehead atoms. The van der Waals surface area contributed by atoms with Crippen LogP contribution in [0.3, 0.4) is 0 Å². The van der Waals surface area contributed by atoms with E-state index in [4.69, 9.17) is 17.3 Å². The second-order valence-corrected chi connectivity index (χ2v) is 4.75. The number of benzene rings is 1. The molecule has 3 rings (SSSR count). The Morgan fingerprint density at radius 1 is 1.30 bits per heavy atom. The van der Waals surface area contributed by atoms with Gasteiger partial charge in [-0.15, -0.1) is 0 Å². The maximum Gasteiger partial charge on any atom is 0.249 e. The molecule has 0 atom stereocenters. The molecule has 3 aromatic rings. The Labute approximate surface area is 120 Å². The number of fused-ring (bicyclic) bond motifs is 1. The zero-order chi connectivity index (χ0) is 14.3. The van der Waals surface area contributed by atoms with Crippen LogP contribution in [-0.2, 0) is 0 Å². The summed E-state index contributed by atoms with van der Waals surface area (Å²) in [7, 11) is 0. The van der Waals surface area contributed by atoms with Crippen molar-refractivity contribution in [1.82, 2.24) is 14.8 Å². The van der Waals surface area contributed by atoms with Crippen LogP contribution in [0.5, 0.6) is 0 Å². The van der Waals surface area contributed by atoms with Crippen LogP contribution < -0.4 is 5.73 Å². The lowest BCUT2D eigenvalue weighted by Gasteiger charge is -2.08. The average Bonchev–Trinajstić information content (AvgIpc) is 2.77. The molecule has 0 spiro atoms. The summed E-state index contributed by atoms with van der Waals surface area (Å²) in [5, 5.41) is 5.52. The van der Waals surface area contributed by atoms with Crippen LogP contribution in [0.25, 0.3) is 16.7 Å². The molecule has 2 heterocycles. The summed E-state index contributed by atoms with van der Waals surface area (Å²) in [4.78, 5) is 15.7. The van der Waals surface area contributed by atoms with Gasteiger partial charge in [0.2, 0.25) is 5.91 Å². The summed E-state index contributed by atoms with van der Waals surface area (Å²) < 4.78 is 1.62. The highest BCUT2D eigenvalue weighted by Gasteiger charge is 2.15. The molecule has 2 N–H and O–H groups in total. The number of nitrogens with zero attached hydrogens (tertiary/aromatic N) is 3. The molecule has 0 unspecified atom stereocenters. The molecule has 20 heavy (non-hydrogen) atoms. The minimum atomic E-state index is -0.492. The zero-order valence-electron chi connectivity index (χ0n) is 10.7. The molecule has 0 radical (unpaired) electrons. The number of carbonyl (C=O) groups is 1. The van der Waals surface area contributed by atoms with E-state index in [0.29, 0.717) is 22.1 Å². The topological polar surface area (TPSA) is 73.8 Å². The molecule has 0 aliphatic carbocycles. The van der Waals surface area contributed by atoms with Crippen molar-refractivity contribution < 1.29 is 4.79 Å². The molecule has 100 valence electrons. The van der Waals surface area contributed by atoms with E-state index in [1.54, 1.807) is 17.7 Å². The van der Waals surface area contributed by atoms with Crippen molar-refractivity contribution in [2.24, 2.45) is 5.73 Å². The van der Waals surface area contributed by atoms with Crippen LogP contribution in [-0.4, -0.2) is 20.7 Å². The second-order valence-electron chi connectivity index (χ2n) is 4.39. The third kappa shape index (κ3) is 1.83. The summed E-state index contributed by atoms with van der Waals surface area (Å²) in [6.45, 7) is 1.78. The quantitative estimate of drug-likeness (QED) is 0.786. The number of aromatic nitrogens is 3. The van der Waals surface area contributed by atoms with Gasteiger partial charge in [0.05, 0.1) is 5.52 Å². The van der Waals surface area contributed by atoms with Gasteiger partial charge in [0.1, 0.15) is 0 Å². The molecule has 1 amide bonds. The zero-order valence-corrected chi connectivity index (χ0v) is 11.4. The van der Waals surface area contributed by atoms with Crippen LogP contribution in [0.4, 0.5) is 0 Å². The van der Waals surface area contributed by atoms with Crippen molar-refractivity contribution in [2.75, 3.05) is 0 Å². The summed E-state index contributed by atoms with van der Waals surface area (Å²) in [6, 6.07) is 9.15. The van der Waals surface area contributed by atoms with E-state index >= 15 is 0 Å². The number of halogens is 1. The number of amides is 1. The first-order valence-electron chi connectivity index (χ1n) is 5.98. The van der Waals surface area contributed by atoms with Crippen LogP contribution in [0.1, 0.15) is 15.9 Å². The first kappa shape index (κ1) is 12.6. The van der Waals surface area contributed by atoms with Gasteiger partial charge in [0.25, 0.3) is 0 Å². The number of hydrogen-bond donors (Lipinski definition) is 1. The van der Waals surface area contributed by atoms with Gasteiger partial charge < -0.3 is 5.73 Å². The fourth-order valence-electron chi connectivity index (χ4n) is 2.19. The van der Waals surface area contributed by atoms with Crippen molar-refractivity contribution in [2.45, 2.75) is 6.92 Å². The Morgan fingerprint density at radius 3 is 2.80 bits per heavy atom. The normalized spacial score (nSPS) is 10.9. The summed E-state index contributed by atoms with van der Waals surface area (Å²) in [6.07, 6.45) is 1.53. The van der Waals surface area contributed by atoms with Crippen molar-refractivity contribution in [1.29, 1.82) is 0 Å². The number of para-hydroxylation sites is 1. The SMILES string of the molecule is Cc1c(C(N)=O)ccnc1-n1nc(Cl)c2ccccc21. The lowest BCUT2D eigenvalue weighted by Crippen LogP contribution is -2.15. The van der Waals surface area contributed by atoms with Crippen molar-refractivity contribution >= 4 is 28.4 Å². The van der Waals surface area contributed by atoms with E-state index in [1.807, 2.05) is 24.3 Å². The Balaban J connectivity index is 2.32. The minimum absolute atomic E-state index is 0.395. The molecule has 2 aromatic heterocycles. The fraction of sp³-hybridized carbons (Fsp3) is 0.0714. The summed E-state index contributed by atoms with van der Waals surface area (Å²) >= 11 is 6.13. The van der Waals surface area contributed by atoms with Crippen LogP contribution in [0.15, 0.2) is 36.5 Å². The number of hydrogen-bond acceptors (Lipinski definition) is 3. The maximum atomic E-state index is 11.4. The number of rotatable bonds is 2. The molecule has 0 aliphatic heterocycles. The van der Waals surface area contributed by atoms with Crippen molar-refractivity contribution in [3.05, 3.63) is 52.8 Å². The third-order valence-corrected chi connectivity index (χ3v) is 3.46. The Kier molecular flexibility index (Phi) is 2.91. The predicted octanol–water partition coefficient (Wildman–Crippen LogP) is 2.48. The molecular formula is C14H11ClN4O. The molecule has 0 fully saturated rings. The van der Waals surface area contributed by atoms with Gasteiger partial charge >= 0.3 is 0 Å². The highest BCUT2D eigenvalue weighted by molar-refractivity contribution is 6.34. The van der Waals surface area contributed by atoms with Crippen molar-refractivity contribution in [3.8, 4) is 5.82 Å². The molecule has 6 heteroatoms. The van der Waals surface area contributed by atoms with Gasteiger partial charge in [0, 0.05) is 22.7 Å². The Morgan fingerprint density at radius 2 is 2.05 bits per heavy atom. The molecule has 1 aromatic carbocycles. The van der Waals surface area contributed by atoms with Gasteiger partial charge in [-0.05, 0) is 25.1 Å². The summed E-state index contributed by atoms with van der Waals surface area (Å²) in [5.41, 5.74) is 7.28. The second kappa shape index (κ2) is 4.61. The number of nitrogens with two attached hydrogens (primary N) is 1. The van der Waals surface area contributed by atoms with E-state index in [0.717, 1.165) is 10.9 Å². The van der Waals surface area contributed by atoms with Gasteiger partial charge in [-0.3, -0.25) is 4.79 Å². The molecule has 0 saturated carbocycles. The highest BCUT2D eigenvalue weighted by Crippen LogP contribution is 2.26. The third-order valence-electron chi connectivity index (χ3n) is 3.19. The van der Waals surface area contributed by atoms with E-state index in [9.17, 15) is 4.79 Å². The smallest absolute Gasteiger partial charge is 0.249 e. The summed E-state index contributed by atoms with van der Waals surface area (Å²) in [5.74, 6) is 0.0538. The standard InChI is InChI=1S/C14H11ClN4O/c1-8-9(13(16)20)6-7-17-14(8)19-11-5-3-2-4-10(11)12(15)18-19/h2-7H,1H3,(H2,16,20). The highest BCUT2D eigenvalue weighted by atomic mass is 35.5. The number of primary amides is 1. The average molecular weight is 287 g/mol. The first-order valence-corrected chi connectivity index (χ1v) is 6.36. The molecular weight excluding hydrogens is 276 g/mol. The Hall–Kier alpha value is -2.40. The van der Waals surface area contributed by atoms with Gasteiger partial charge in [-0.1, -0.05) is 23.7 Å². The van der Waals surface area contributed by atoms with Crippen molar-refractivity contribution in [3.63, 3.8) is 0 Å². The van der Waals surface area contributed by atoms with E-state index in [1.165, 1.54) is 6.20 Å². The minimum Gasteiger partial charge on any atom is -0.366 e. The van der Waals surface area contributed by atoms with Crippen LogP contribution in [0.2, 0.25) is 5.15 Å². The first-order chi connectivity index (χ1) is 9.59. The largest absolute Gasteiger partial charge is 0.366 e. The maximum absolute atomic E-state index is 11.4. The van der Waals surface area contributed by atoms with Crippen LogP contribution >= 0.6 is 11.6 Å². The predicted molar refractivity (Wildman–Crippen MR) is 77.1 cm³/mol. The Bertz CT molecular complexity index is 825. The van der Waals surface area contributed by atoms with E-state index < -0.39 is 5.91 Å². The van der Waals surface area contributed by atoms with Gasteiger partial charge in [-0.2, -0.15) is 5.10 Å². The molecule has 5 nitrogen and oxygen atoms in total. The van der Waals surface area contributed by atoms with Gasteiger partial charge in [0.15, 0.2) is 11.0 Å². The molecule has 0 aliphatic rings. The van der Waals surface area contributed by atoms with E-state index in [-0.39, 0.29) is 0 Å².